The van der Waals surface area contributed by atoms with Crippen molar-refractivity contribution in [1.29, 1.82) is 0 Å². The van der Waals surface area contributed by atoms with Crippen LogP contribution in [0.5, 0.6) is 0 Å². The molecule has 3 rings (SSSR count). The van der Waals surface area contributed by atoms with Crippen molar-refractivity contribution in [2.24, 2.45) is 0 Å². The van der Waals surface area contributed by atoms with Crippen LogP contribution in [-0.2, 0) is 10.9 Å². The van der Waals surface area contributed by atoms with E-state index in [-0.39, 0.29) is 0 Å². The monoisotopic (exact) mass is 319 g/mol. The van der Waals surface area contributed by atoms with Crippen molar-refractivity contribution in [2.45, 2.75) is 6.18 Å². The molecule has 0 unspecified atom stereocenters. The van der Waals surface area contributed by atoms with Crippen LogP contribution >= 0.6 is 0 Å². The lowest BCUT2D eigenvalue weighted by atomic mass is 10.1. The SMILES string of the molecule is COC(=O)c1cccc2cc(-c3ccc(C(F)(F)F)cc3)[nH]c12. The lowest BCUT2D eigenvalue weighted by Gasteiger charge is -2.06. The largest absolute Gasteiger partial charge is 0.465 e. The Labute approximate surface area is 129 Å². The number of carbonyl (C=O) groups excluding carboxylic acids is 1. The number of rotatable bonds is 2. The number of halogens is 3. The van der Waals surface area contributed by atoms with Gasteiger partial charge in [0.15, 0.2) is 0 Å². The van der Waals surface area contributed by atoms with Crippen LogP contribution in [0.2, 0.25) is 0 Å². The molecule has 118 valence electrons. The van der Waals surface area contributed by atoms with E-state index in [0.29, 0.717) is 22.3 Å². The first-order valence-electron chi connectivity index (χ1n) is 6.78. The molecule has 1 heterocycles. The number of carbonyl (C=O) groups is 1. The van der Waals surface area contributed by atoms with Crippen molar-refractivity contribution in [3.05, 3.63) is 59.7 Å². The van der Waals surface area contributed by atoms with Gasteiger partial charge in [0.1, 0.15) is 0 Å². The number of H-pyrrole nitrogens is 1. The highest BCUT2D eigenvalue weighted by Gasteiger charge is 2.30. The Hall–Kier alpha value is -2.76. The maximum Gasteiger partial charge on any atom is 0.416 e. The van der Waals surface area contributed by atoms with Crippen molar-refractivity contribution < 1.29 is 22.7 Å². The zero-order chi connectivity index (χ0) is 16.6. The third-order valence-electron chi connectivity index (χ3n) is 3.58. The van der Waals surface area contributed by atoms with Gasteiger partial charge in [-0.05, 0) is 29.8 Å². The highest BCUT2D eigenvalue weighted by Crippen LogP contribution is 2.32. The van der Waals surface area contributed by atoms with Crippen LogP contribution in [0.4, 0.5) is 13.2 Å². The highest BCUT2D eigenvalue weighted by atomic mass is 19.4. The van der Waals surface area contributed by atoms with Crippen LogP contribution in [0.1, 0.15) is 15.9 Å². The van der Waals surface area contributed by atoms with Gasteiger partial charge >= 0.3 is 12.1 Å². The predicted molar refractivity (Wildman–Crippen MR) is 80.1 cm³/mol. The molecule has 6 heteroatoms. The summed E-state index contributed by atoms with van der Waals surface area (Å²) in [5.41, 5.74) is 1.50. The number of fused-ring (bicyclic) bond motifs is 1. The first kappa shape index (κ1) is 15.1. The normalized spacial score (nSPS) is 11.7. The Morgan fingerprint density at radius 1 is 1.09 bits per heavy atom. The third kappa shape index (κ3) is 2.79. The molecule has 3 aromatic rings. The first-order chi connectivity index (χ1) is 10.9. The molecule has 0 radical (unpaired) electrons. The van der Waals surface area contributed by atoms with Gasteiger partial charge in [-0.15, -0.1) is 0 Å². The molecule has 0 saturated heterocycles. The molecular weight excluding hydrogens is 307 g/mol. The molecule has 1 N–H and O–H groups in total. The summed E-state index contributed by atoms with van der Waals surface area (Å²) < 4.78 is 42.6. The van der Waals surface area contributed by atoms with Crippen LogP contribution in [0.25, 0.3) is 22.2 Å². The smallest absolute Gasteiger partial charge is 0.416 e. The number of esters is 1. The standard InChI is InChI=1S/C17H12F3NO2/c1-23-16(22)13-4-2-3-11-9-14(21-15(11)13)10-5-7-12(8-6-10)17(18,19)20/h2-9,21H,1H3. The molecule has 0 saturated carbocycles. The Bertz CT molecular complexity index is 864. The van der Waals surface area contributed by atoms with E-state index in [1.807, 2.05) is 6.07 Å². The summed E-state index contributed by atoms with van der Waals surface area (Å²) in [4.78, 5) is 14.8. The zero-order valence-electron chi connectivity index (χ0n) is 12.1. The minimum Gasteiger partial charge on any atom is -0.465 e. The van der Waals surface area contributed by atoms with Gasteiger partial charge in [0, 0.05) is 11.1 Å². The van der Waals surface area contributed by atoms with Gasteiger partial charge in [0.05, 0.1) is 23.8 Å². The summed E-state index contributed by atoms with van der Waals surface area (Å²) in [5.74, 6) is -0.476. The van der Waals surface area contributed by atoms with Crippen LogP contribution in [0.15, 0.2) is 48.5 Å². The number of nitrogens with one attached hydrogen (secondary N) is 1. The second kappa shape index (κ2) is 5.46. The Morgan fingerprint density at radius 2 is 1.78 bits per heavy atom. The molecule has 0 amide bonds. The number of alkyl halides is 3. The van der Waals surface area contributed by atoms with Crippen molar-refractivity contribution in [1.82, 2.24) is 4.98 Å². The summed E-state index contributed by atoms with van der Waals surface area (Å²) in [5, 5.41) is 0.780. The fraction of sp³-hybridized carbons (Fsp3) is 0.118. The van der Waals surface area contributed by atoms with E-state index >= 15 is 0 Å². The van der Waals surface area contributed by atoms with Crippen molar-refractivity contribution in [2.75, 3.05) is 7.11 Å². The Morgan fingerprint density at radius 3 is 2.39 bits per heavy atom. The number of hydrogen-bond acceptors (Lipinski definition) is 2. The second-order valence-electron chi connectivity index (χ2n) is 5.02. The average molecular weight is 319 g/mol. The molecule has 2 aromatic carbocycles. The van der Waals surface area contributed by atoms with Crippen molar-refractivity contribution >= 4 is 16.9 Å². The summed E-state index contributed by atoms with van der Waals surface area (Å²) >= 11 is 0. The molecule has 3 nitrogen and oxygen atoms in total. The number of methoxy groups -OCH3 is 1. The molecule has 0 fully saturated rings. The highest BCUT2D eigenvalue weighted by molar-refractivity contribution is 6.04. The predicted octanol–water partition coefficient (Wildman–Crippen LogP) is 4.64. The van der Waals surface area contributed by atoms with E-state index in [9.17, 15) is 18.0 Å². The molecule has 0 atom stereocenters. The molecule has 1 aromatic heterocycles. The fourth-order valence-corrected chi connectivity index (χ4v) is 2.43. The number of ether oxygens (including phenoxy) is 1. The molecular formula is C17H12F3NO2. The van der Waals surface area contributed by atoms with E-state index in [2.05, 4.69) is 4.98 Å². The van der Waals surface area contributed by atoms with Crippen LogP contribution in [0.3, 0.4) is 0 Å². The van der Waals surface area contributed by atoms with E-state index in [4.69, 9.17) is 4.74 Å². The summed E-state index contributed by atoms with van der Waals surface area (Å²) in [7, 11) is 1.29. The van der Waals surface area contributed by atoms with Gasteiger partial charge in [-0.3, -0.25) is 0 Å². The molecule has 0 aliphatic heterocycles. The quantitative estimate of drug-likeness (QED) is 0.699. The maximum absolute atomic E-state index is 12.6. The number of aromatic nitrogens is 1. The lowest BCUT2D eigenvalue weighted by Crippen LogP contribution is -2.04. The van der Waals surface area contributed by atoms with Gasteiger partial charge < -0.3 is 9.72 Å². The summed E-state index contributed by atoms with van der Waals surface area (Å²) in [6.07, 6.45) is -4.36. The van der Waals surface area contributed by atoms with Gasteiger partial charge in [-0.25, -0.2) is 4.79 Å². The number of hydrogen-bond donors (Lipinski definition) is 1. The van der Waals surface area contributed by atoms with Crippen LogP contribution in [0, 0.1) is 0 Å². The lowest BCUT2D eigenvalue weighted by molar-refractivity contribution is -0.137. The Kier molecular flexibility index (Phi) is 3.60. The summed E-state index contributed by atoms with van der Waals surface area (Å²) in [6.45, 7) is 0. The van der Waals surface area contributed by atoms with E-state index in [0.717, 1.165) is 17.5 Å². The third-order valence-corrected chi connectivity index (χ3v) is 3.58. The first-order valence-corrected chi connectivity index (χ1v) is 6.78. The Balaban J connectivity index is 2.06. The van der Waals surface area contributed by atoms with Crippen molar-refractivity contribution in [3.8, 4) is 11.3 Å². The molecule has 23 heavy (non-hydrogen) atoms. The van der Waals surface area contributed by atoms with E-state index < -0.39 is 17.7 Å². The van der Waals surface area contributed by atoms with Gasteiger partial charge in [0.2, 0.25) is 0 Å². The summed E-state index contributed by atoms with van der Waals surface area (Å²) in [6, 6.07) is 11.8. The number of para-hydroxylation sites is 1. The molecule has 0 aliphatic rings. The van der Waals surface area contributed by atoms with Crippen LogP contribution < -0.4 is 0 Å². The number of aromatic amines is 1. The zero-order valence-corrected chi connectivity index (χ0v) is 12.1. The maximum atomic E-state index is 12.6. The molecule has 0 aliphatic carbocycles. The topological polar surface area (TPSA) is 42.1 Å². The number of benzene rings is 2. The van der Waals surface area contributed by atoms with Gasteiger partial charge in [-0.1, -0.05) is 24.3 Å². The van der Waals surface area contributed by atoms with E-state index in [1.54, 1.807) is 18.2 Å². The van der Waals surface area contributed by atoms with Crippen molar-refractivity contribution in [3.63, 3.8) is 0 Å². The second-order valence-corrected chi connectivity index (χ2v) is 5.02. The minimum absolute atomic E-state index is 0.378. The van der Waals surface area contributed by atoms with Gasteiger partial charge in [0.25, 0.3) is 0 Å². The minimum atomic E-state index is -4.36. The van der Waals surface area contributed by atoms with Gasteiger partial charge in [-0.2, -0.15) is 13.2 Å². The molecule has 0 spiro atoms. The van der Waals surface area contributed by atoms with Crippen LogP contribution in [-0.4, -0.2) is 18.1 Å². The molecule has 0 bridgehead atoms. The van der Waals surface area contributed by atoms with E-state index in [1.165, 1.54) is 19.2 Å². The fourth-order valence-electron chi connectivity index (χ4n) is 2.43. The average Bonchev–Trinajstić information content (AvgIpc) is 2.97.